The lowest BCUT2D eigenvalue weighted by atomic mass is 9.95. The van der Waals surface area contributed by atoms with Gasteiger partial charge in [-0.25, -0.2) is 4.98 Å². The number of aliphatic imine (C=N–C) groups is 1. The van der Waals surface area contributed by atoms with Crippen molar-refractivity contribution in [2.24, 2.45) is 4.99 Å². The number of nitrogens with one attached hydrogen (secondary N) is 2. The molecular weight excluding hydrogens is 483 g/mol. The van der Waals surface area contributed by atoms with Crippen molar-refractivity contribution in [1.29, 1.82) is 0 Å². The minimum Gasteiger partial charge on any atom is -0.357 e. The minimum absolute atomic E-state index is 0. The molecule has 1 aromatic rings. The number of halogens is 2. The predicted octanol–water partition coefficient (Wildman–Crippen LogP) is 3.53. The van der Waals surface area contributed by atoms with Gasteiger partial charge in [0, 0.05) is 47.1 Å². The van der Waals surface area contributed by atoms with Crippen LogP contribution < -0.4 is 10.6 Å². The van der Waals surface area contributed by atoms with Crippen LogP contribution in [0.2, 0.25) is 5.15 Å². The fraction of sp³-hybridized carbons (Fsp3) is 0.667. The van der Waals surface area contributed by atoms with E-state index in [9.17, 15) is 4.21 Å². The summed E-state index contributed by atoms with van der Waals surface area (Å²) in [5.74, 6) is 1.60. The largest absolute Gasteiger partial charge is 0.357 e. The summed E-state index contributed by atoms with van der Waals surface area (Å²) in [6.45, 7) is 5.58. The SMILES string of the molecule is CCNC(=NCCc1ccc(Cl)nc1)NC1CCCC(S(=O)CC)C1.I. The van der Waals surface area contributed by atoms with Gasteiger partial charge in [-0.3, -0.25) is 9.20 Å². The second kappa shape index (κ2) is 12.9. The third kappa shape index (κ3) is 8.08. The first-order valence-corrected chi connectivity index (χ1v) is 10.9. The maximum atomic E-state index is 12.1. The Morgan fingerprint density at radius 1 is 1.38 bits per heavy atom. The van der Waals surface area contributed by atoms with Gasteiger partial charge in [0.15, 0.2) is 5.96 Å². The lowest BCUT2D eigenvalue weighted by molar-refractivity contribution is 0.413. The first kappa shape index (κ1) is 23.6. The van der Waals surface area contributed by atoms with Gasteiger partial charge in [-0.05, 0) is 44.2 Å². The van der Waals surface area contributed by atoms with E-state index in [0.29, 0.717) is 23.0 Å². The zero-order valence-corrected chi connectivity index (χ0v) is 19.4. The second-order valence-corrected chi connectivity index (χ2v) is 8.69. The Hall–Kier alpha value is -0.410. The summed E-state index contributed by atoms with van der Waals surface area (Å²) in [4.78, 5) is 8.77. The molecule has 1 aliphatic carbocycles. The number of hydrogen-bond acceptors (Lipinski definition) is 3. The van der Waals surface area contributed by atoms with E-state index < -0.39 is 10.8 Å². The summed E-state index contributed by atoms with van der Waals surface area (Å²) in [6.07, 6.45) is 6.91. The third-order valence-electron chi connectivity index (χ3n) is 4.43. The van der Waals surface area contributed by atoms with Gasteiger partial charge >= 0.3 is 0 Å². The van der Waals surface area contributed by atoms with Crippen molar-refractivity contribution in [3.63, 3.8) is 0 Å². The Labute approximate surface area is 181 Å². The van der Waals surface area contributed by atoms with E-state index in [1.54, 1.807) is 12.3 Å². The molecule has 0 radical (unpaired) electrons. The van der Waals surface area contributed by atoms with Crippen LogP contribution in [-0.2, 0) is 17.2 Å². The molecule has 8 heteroatoms. The molecule has 0 aliphatic heterocycles. The van der Waals surface area contributed by atoms with E-state index in [2.05, 4.69) is 27.5 Å². The Balaban J connectivity index is 0.00000338. The van der Waals surface area contributed by atoms with E-state index in [0.717, 1.165) is 55.9 Å². The Kier molecular flexibility index (Phi) is 11.7. The number of aromatic nitrogens is 1. The number of rotatable bonds is 7. The number of guanidine groups is 1. The predicted molar refractivity (Wildman–Crippen MR) is 122 cm³/mol. The molecular formula is C18H30ClIN4OS. The van der Waals surface area contributed by atoms with Crippen molar-refractivity contribution in [3.05, 3.63) is 29.0 Å². The first-order valence-electron chi connectivity index (χ1n) is 9.14. The molecule has 148 valence electrons. The minimum atomic E-state index is -0.703. The highest BCUT2D eigenvalue weighted by Gasteiger charge is 2.25. The monoisotopic (exact) mass is 512 g/mol. The Bertz CT molecular complexity index is 585. The highest BCUT2D eigenvalue weighted by atomic mass is 127. The molecule has 2 rings (SSSR count). The van der Waals surface area contributed by atoms with Crippen LogP contribution in [0.3, 0.4) is 0 Å². The summed E-state index contributed by atoms with van der Waals surface area (Å²) in [5, 5.41) is 7.67. The van der Waals surface area contributed by atoms with Crippen molar-refractivity contribution in [2.45, 2.75) is 57.2 Å². The molecule has 2 N–H and O–H groups in total. The zero-order chi connectivity index (χ0) is 18.1. The highest BCUT2D eigenvalue weighted by molar-refractivity contribution is 14.0. The molecule has 1 aliphatic rings. The fourth-order valence-electron chi connectivity index (χ4n) is 3.12. The molecule has 3 unspecified atom stereocenters. The molecule has 5 nitrogen and oxygen atoms in total. The molecule has 3 atom stereocenters. The van der Waals surface area contributed by atoms with Gasteiger partial charge < -0.3 is 10.6 Å². The average molecular weight is 513 g/mol. The van der Waals surface area contributed by atoms with Crippen molar-refractivity contribution in [3.8, 4) is 0 Å². The molecule has 0 amide bonds. The standard InChI is InChI=1S/C18H29ClN4OS.HI/c1-3-20-18(21-11-10-14-8-9-17(19)22-13-14)23-15-6-5-7-16(12-15)25(24)4-2;/h8-9,13,15-16H,3-7,10-12H2,1-2H3,(H2,20,21,23);1H. The van der Waals surface area contributed by atoms with Gasteiger partial charge in [0.05, 0.1) is 0 Å². The van der Waals surface area contributed by atoms with Gasteiger partial charge in [0.1, 0.15) is 5.15 Å². The van der Waals surface area contributed by atoms with Gasteiger partial charge in [-0.2, -0.15) is 0 Å². The molecule has 1 heterocycles. The van der Waals surface area contributed by atoms with Crippen LogP contribution in [0.4, 0.5) is 0 Å². The lowest BCUT2D eigenvalue weighted by Crippen LogP contribution is -2.46. The highest BCUT2D eigenvalue weighted by Crippen LogP contribution is 2.23. The van der Waals surface area contributed by atoms with Crippen LogP contribution in [-0.4, -0.2) is 45.3 Å². The van der Waals surface area contributed by atoms with Crippen molar-refractivity contribution in [2.75, 3.05) is 18.8 Å². The van der Waals surface area contributed by atoms with Gasteiger partial charge in [0.25, 0.3) is 0 Å². The quantitative estimate of drug-likeness (QED) is 0.254. The van der Waals surface area contributed by atoms with Crippen LogP contribution in [0.1, 0.15) is 45.1 Å². The molecule has 1 fully saturated rings. The van der Waals surface area contributed by atoms with E-state index >= 15 is 0 Å². The molecule has 1 saturated carbocycles. The topological polar surface area (TPSA) is 66.4 Å². The molecule has 1 aromatic heterocycles. The molecule has 0 saturated heterocycles. The van der Waals surface area contributed by atoms with Gasteiger partial charge in [-0.1, -0.05) is 31.0 Å². The van der Waals surface area contributed by atoms with Crippen molar-refractivity contribution < 1.29 is 4.21 Å². The van der Waals surface area contributed by atoms with Crippen LogP contribution >= 0.6 is 35.6 Å². The van der Waals surface area contributed by atoms with Crippen LogP contribution in [0.5, 0.6) is 0 Å². The third-order valence-corrected chi connectivity index (χ3v) is 6.39. The summed E-state index contributed by atoms with van der Waals surface area (Å²) in [6, 6.07) is 4.14. The van der Waals surface area contributed by atoms with Crippen LogP contribution in [0, 0.1) is 0 Å². The van der Waals surface area contributed by atoms with Gasteiger partial charge in [-0.15, -0.1) is 24.0 Å². The van der Waals surface area contributed by atoms with E-state index in [-0.39, 0.29) is 24.0 Å². The molecule has 0 bridgehead atoms. The van der Waals surface area contributed by atoms with Crippen molar-refractivity contribution >= 4 is 52.3 Å². The fourth-order valence-corrected chi connectivity index (χ4v) is 4.57. The van der Waals surface area contributed by atoms with Gasteiger partial charge in [0.2, 0.25) is 0 Å². The molecule has 26 heavy (non-hydrogen) atoms. The zero-order valence-electron chi connectivity index (χ0n) is 15.5. The summed E-state index contributed by atoms with van der Waals surface area (Å²) in [7, 11) is -0.703. The van der Waals surface area contributed by atoms with Crippen LogP contribution in [0.15, 0.2) is 23.3 Å². The average Bonchev–Trinajstić information content (AvgIpc) is 2.63. The molecule has 0 aromatic carbocycles. The normalized spacial score (nSPS) is 21.6. The van der Waals surface area contributed by atoms with E-state index in [1.165, 1.54) is 0 Å². The molecule has 0 spiro atoms. The summed E-state index contributed by atoms with van der Waals surface area (Å²) < 4.78 is 12.1. The van der Waals surface area contributed by atoms with E-state index in [4.69, 9.17) is 11.6 Å². The maximum Gasteiger partial charge on any atom is 0.191 e. The summed E-state index contributed by atoms with van der Waals surface area (Å²) in [5.41, 5.74) is 1.13. The second-order valence-electron chi connectivity index (χ2n) is 6.30. The summed E-state index contributed by atoms with van der Waals surface area (Å²) >= 11 is 5.81. The Morgan fingerprint density at radius 2 is 2.19 bits per heavy atom. The first-order chi connectivity index (χ1) is 12.1. The lowest BCUT2D eigenvalue weighted by Gasteiger charge is -2.30. The smallest absolute Gasteiger partial charge is 0.191 e. The van der Waals surface area contributed by atoms with Crippen molar-refractivity contribution in [1.82, 2.24) is 15.6 Å². The number of nitrogens with zero attached hydrogens (tertiary/aromatic N) is 2. The number of hydrogen-bond donors (Lipinski definition) is 2. The van der Waals surface area contributed by atoms with E-state index in [1.807, 2.05) is 13.0 Å². The number of pyridine rings is 1. The maximum absolute atomic E-state index is 12.1. The Morgan fingerprint density at radius 3 is 2.85 bits per heavy atom. The van der Waals surface area contributed by atoms with Crippen LogP contribution in [0.25, 0.3) is 0 Å².